The predicted octanol–water partition coefficient (Wildman–Crippen LogP) is 0.448. The van der Waals surface area contributed by atoms with Gasteiger partial charge in [0, 0.05) is 18.9 Å². The third-order valence-corrected chi connectivity index (χ3v) is 2.05. The van der Waals surface area contributed by atoms with Crippen LogP contribution in [0.4, 0.5) is 11.6 Å². The number of hydrogen-bond donors (Lipinski definition) is 1. The number of carbonyl (C=O) groups is 1. The molecular weight excluding hydrogens is 208 g/mol. The second-order valence-electron chi connectivity index (χ2n) is 3.26. The minimum Gasteiger partial charge on any atom is -0.468 e. The van der Waals surface area contributed by atoms with Gasteiger partial charge in [-0.15, -0.1) is 0 Å². The molecule has 16 heavy (non-hydrogen) atoms. The quantitative estimate of drug-likeness (QED) is 0.731. The van der Waals surface area contributed by atoms with Gasteiger partial charge in [0.05, 0.1) is 7.11 Å². The fourth-order valence-corrected chi connectivity index (χ4v) is 1.34. The monoisotopic (exact) mass is 224 g/mol. The van der Waals surface area contributed by atoms with Crippen molar-refractivity contribution < 1.29 is 9.53 Å². The molecule has 0 saturated carbocycles. The maximum Gasteiger partial charge on any atom is 0.325 e. The Morgan fingerprint density at radius 1 is 1.50 bits per heavy atom. The third-order valence-electron chi connectivity index (χ3n) is 2.05. The second-order valence-corrected chi connectivity index (χ2v) is 3.26. The fraction of sp³-hybridized carbons (Fsp3) is 0.500. The van der Waals surface area contributed by atoms with Crippen LogP contribution in [0.25, 0.3) is 0 Å². The van der Waals surface area contributed by atoms with Gasteiger partial charge in [-0.25, -0.2) is 9.97 Å². The van der Waals surface area contributed by atoms with Gasteiger partial charge in [-0.2, -0.15) is 0 Å². The van der Waals surface area contributed by atoms with E-state index < -0.39 is 0 Å². The number of nitrogens with zero attached hydrogens (tertiary/aromatic N) is 3. The van der Waals surface area contributed by atoms with Crippen molar-refractivity contribution in [3.63, 3.8) is 0 Å². The lowest BCUT2D eigenvalue weighted by Gasteiger charge is -2.22. The van der Waals surface area contributed by atoms with E-state index in [-0.39, 0.29) is 12.5 Å². The molecule has 0 aliphatic rings. The third kappa shape index (κ3) is 3.08. The summed E-state index contributed by atoms with van der Waals surface area (Å²) >= 11 is 0. The first-order valence-electron chi connectivity index (χ1n) is 5.07. The van der Waals surface area contributed by atoms with Crippen LogP contribution in [-0.2, 0) is 9.53 Å². The zero-order valence-electron chi connectivity index (χ0n) is 9.51. The molecule has 6 heteroatoms. The van der Waals surface area contributed by atoms with Crippen LogP contribution in [-0.4, -0.2) is 36.1 Å². The van der Waals surface area contributed by atoms with Crippen molar-refractivity contribution in [2.45, 2.75) is 13.3 Å². The zero-order valence-corrected chi connectivity index (χ0v) is 9.51. The number of nitrogens with two attached hydrogens (primary N) is 1. The maximum atomic E-state index is 11.2. The molecule has 88 valence electrons. The van der Waals surface area contributed by atoms with Crippen LogP contribution in [0.1, 0.15) is 13.3 Å². The van der Waals surface area contributed by atoms with Crippen LogP contribution in [0.3, 0.4) is 0 Å². The van der Waals surface area contributed by atoms with E-state index in [0.717, 1.165) is 6.42 Å². The average molecular weight is 224 g/mol. The Balaban J connectivity index is 2.85. The number of ether oxygens (including phenoxy) is 1. The Hall–Kier alpha value is -1.85. The molecule has 0 spiro atoms. The summed E-state index contributed by atoms with van der Waals surface area (Å²) < 4.78 is 4.62. The number of hydrogen-bond acceptors (Lipinski definition) is 6. The first kappa shape index (κ1) is 12.2. The standard InChI is InChI=1S/C10H16N4O2/c1-3-6-14(7-8(15)16-2)10-9(11)12-4-5-13-10/h4-5H,3,6-7H2,1-2H3,(H2,11,12). The molecule has 0 atom stereocenters. The molecule has 0 fully saturated rings. The molecule has 0 amide bonds. The summed E-state index contributed by atoms with van der Waals surface area (Å²) in [5, 5.41) is 0. The SMILES string of the molecule is CCCN(CC(=O)OC)c1nccnc1N. The topological polar surface area (TPSA) is 81.3 Å². The maximum absolute atomic E-state index is 11.2. The average Bonchev–Trinajstić information content (AvgIpc) is 2.29. The van der Waals surface area contributed by atoms with Gasteiger partial charge in [-0.1, -0.05) is 6.92 Å². The number of nitrogen functional groups attached to an aromatic ring is 1. The molecule has 0 unspecified atom stereocenters. The molecule has 1 rings (SSSR count). The fourth-order valence-electron chi connectivity index (χ4n) is 1.34. The minimum atomic E-state index is -0.321. The lowest BCUT2D eigenvalue weighted by Crippen LogP contribution is -2.32. The molecule has 1 heterocycles. The normalized spacial score (nSPS) is 9.88. The highest BCUT2D eigenvalue weighted by atomic mass is 16.5. The lowest BCUT2D eigenvalue weighted by atomic mass is 10.4. The number of rotatable bonds is 5. The summed E-state index contributed by atoms with van der Waals surface area (Å²) in [6, 6.07) is 0. The molecule has 0 aliphatic heterocycles. The van der Waals surface area contributed by atoms with Gasteiger partial charge >= 0.3 is 5.97 Å². The van der Waals surface area contributed by atoms with Crippen LogP contribution in [0.15, 0.2) is 12.4 Å². The van der Waals surface area contributed by atoms with E-state index in [1.165, 1.54) is 13.3 Å². The smallest absolute Gasteiger partial charge is 0.325 e. The van der Waals surface area contributed by atoms with Gasteiger partial charge in [0.25, 0.3) is 0 Å². The summed E-state index contributed by atoms with van der Waals surface area (Å²) in [5.41, 5.74) is 5.70. The number of carbonyl (C=O) groups excluding carboxylic acids is 1. The lowest BCUT2D eigenvalue weighted by molar-refractivity contribution is -0.138. The van der Waals surface area contributed by atoms with Crippen LogP contribution in [0, 0.1) is 0 Å². The Bertz CT molecular complexity index is 356. The van der Waals surface area contributed by atoms with Crippen LogP contribution in [0.5, 0.6) is 0 Å². The van der Waals surface area contributed by atoms with Crippen molar-refractivity contribution in [3.8, 4) is 0 Å². The van der Waals surface area contributed by atoms with E-state index in [9.17, 15) is 4.79 Å². The number of esters is 1. The van der Waals surface area contributed by atoms with Gasteiger partial charge in [-0.05, 0) is 6.42 Å². The summed E-state index contributed by atoms with van der Waals surface area (Å²) in [4.78, 5) is 21.0. The zero-order chi connectivity index (χ0) is 12.0. The molecule has 0 aromatic carbocycles. The van der Waals surface area contributed by atoms with Crippen molar-refractivity contribution in [1.82, 2.24) is 9.97 Å². The van der Waals surface area contributed by atoms with Gasteiger partial charge < -0.3 is 15.4 Å². The summed E-state index contributed by atoms with van der Waals surface area (Å²) in [7, 11) is 1.35. The molecule has 6 nitrogen and oxygen atoms in total. The number of aromatic nitrogens is 2. The molecule has 0 saturated heterocycles. The Morgan fingerprint density at radius 2 is 2.19 bits per heavy atom. The first-order chi connectivity index (χ1) is 7.69. The predicted molar refractivity (Wildman–Crippen MR) is 61.0 cm³/mol. The van der Waals surface area contributed by atoms with Gasteiger partial charge in [0.1, 0.15) is 6.54 Å². The van der Waals surface area contributed by atoms with Crippen molar-refractivity contribution in [3.05, 3.63) is 12.4 Å². The minimum absolute atomic E-state index is 0.132. The van der Waals surface area contributed by atoms with Crippen LogP contribution >= 0.6 is 0 Å². The van der Waals surface area contributed by atoms with Crippen molar-refractivity contribution in [1.29, 1.82) is 0 Å². The van der Waals surface area contributed by atoms with E-state index >= 15 is 0 Å². The molecule has 0 aliphatic carbocycles. The van der Waals surface area contributed by atoms with E-state index in [0.29, 0.717) is 18.2 Å². The Kier molecular flexibility index (Phi) is 4.50. The number of methoxy groups -OCH3 is 1. The summed E-state index contributed by atoms with van der Waals surface area (Å²) in [6.45, 7) is 2.82. The number of anilines is 2. The molecule has 0 bridgehead atoms. The highest BCUT2D eigenvalue weighted by molar-refractivity contribution is 5.76. The first-order valence-corrected chi connectivity index (χ1v) is 5.07. The molecule has 0 radical (unpaired) electrons. The van der Waals surface area contributed by atoms with Crippen LogP contribution in [0.2, 0.25) is 0 Å². The van der Waals surface area contributed by atoms with E-state index in [1.807, 2.05) is 6.92 Å². The highest BCUT2D eigenvalue weighted by Gasteiger charge is 2.15. The second kappa shape index (κ2) is 5.89. The van der Waals surface area contributed by atoms with Gasteiger partial charge in [0.2, 0.25) is 0 Å². The van der Waals surface area contributed by atoms with Crippen LogP contribution < -0.4 is 10.6 Å². The summed E-state index contributed by atoms with van der Waals surface area (Å²) in [6.07, 6.45) is 3.94. The van der Waals surface area contributed by atoms with E-state index in [4.69, 9.17) is 5.73 Å². The van der Waals surface area contributed by atoms with Crippen molar-refractivity contribution in [2.24, 2.45) is 0 Å². The largest absolute Gasteiger partial charge is 0.468 e. The molecular formula is C10H16N4O2. The highest BCUT2D eigenvalue weighted by Crippen LogP contribution is 2.16. The van der Waals surface area contributed by atoms with E-state index in [2.05, 4.69) is 14.7 Å². The van der Waals surface area contributed by atoms with Gasteiger partial charge in [-0.3, -0.25) is 4.79 Å². The molecule has 2 N–H and O–H groups in total. The Morgan fingerprint density at radius 3 is 2.75 bits per heavy atom. The molecule has 1 aromatic rings. The van der Waals surface area contributed by atoms with E-state index in [1.54, 1.807) is 11.1 Å². The summed E-state index contributed by atoms with van der Waals surface area (Å²) in [5.74, 6) is 0.521. The van der Waals surface area contributed by atoms with Crippen molar-refractivity contribution in [2.75, 3.05) is 30.8 Å². The molecule has 1 aromatic heterocycles. The van der Waals surface area contributed by atoms with Gasteiger partial charge in [0.15, 0.2) is 11.6 Å². The van der Waals surface area contributed by atoms with Crippen molar-refractivity contribution >= 4 is 17.6 Å². The Labute approximate surface area is 94.4 Å².